The molecule has 0 aromatic heterocycles. The van der Waals surface area contributed by atoms with E-state index in [1.54, 1.807) is 0 Å². The summed E-state index contributed by atoms with van der Waals surface area (Å²) in [7, 11) is 2.04. The van der Waals surface area contributed by atoms with Crippen molar-refractivity contribution in [3.8, 4) is 0 Å². The Hall–Kier alpha value is -2.82. The molecular formula is C28H36N4O. The first-order valence-electron chi connectivity index (χ1n) is 12.6. The maximum atomic E-state index is 13.0. The van der Waals surface area contributed by atoms with Gasteiger partial charge in [-0.15, -0.1) is 0 Å². The third-order valence-corrected chi connectivity index (χ3v) is 8.12. The lowest BCUT2D eigenvalue weighted by molar-refractivity contribution is 0.0634. The Balaban J connectivity index is 1.39. The number of guanidine groups is 1. The topological polar surface area (TPSA) is 61.9 Å². The molecule has 0 spiro atoms. The van der Waals surface area contributed by atoms with Gasteiger partial charge in [-0.3, -0.25) is 4.79 Å². The SMILES string of the molecule is CN1CC(c2cccc(C3CCCCC3)c2)(C2CCN(C(=O)c3ccccc3)CC2)N=C1N. The van der Waals surface area contributed by atoms with E-state index in [2.05, 4.69) is 29.2 Å². The molecule has 2 fully saturated rings. The van der Waals surface area contributed by atoms with Gasteiger partial charge in [0.2, 0.25) is 0 Å². The molecule has 1 atom stereocenters. The molecule has 0 bridgehead atoms. The van der Waals surface area contributed by atoms with Crippen LogP contribution in [0, 0.1) is 5.92 Å². The molecule has 1 amide bonds. The zero-order chi connectivity index (χ0) is 22.8. The maximum absolute atomic E-state index is 13.0. The van der Waals surface area contributed by atoms with Crippen molar-refractivity contribution in [2.45, 2.75) is 56.4 Å². The fourth-order valence-electron chi connectivity index (χ4n) is 6.20. The van der Waals surface area contributed by atoms with Gasteiger partial charge < -0.3 is 15.5 Å². The highest BCUT2D eigenvalue weighted by Crippen LogP contribution is 2.44. The Morgan fingerprint density at radius 1 is 0.970 bits per heavy atom. The molecule has 1 saturated heterocycles. The summed E-state index contributed by atoms with van der Waals surface area (Å²) in [6, 6.07) is 18.8. The first-order valence-corrected chi connectivity index (χ1v) is 12.6. The minimum Gasteiger partial charge on any atom is -0.370 e. The fourth-order valence-corrected chi connectivity index (χ4v) is 6.20. The van der Waals surface area contributed by atoms with Crippen molar-refractivity contribution >= 4 is 11.9 Å². The van der Waals surface area contributed by atoms with Crippen LogP contribution in [0.2, 0.25) is 0 Å². The third kappa shape index (κ3) is 4.25. The highest BCUT2D eigenvalue weighted by atomic mass is 16.2. The van der Waals surface area contributed by atoms with E-state index in [1.807, 2.05) is 42.3 Å². The Labute approximate surface area is 197 Å². The van der Waals surface area contributed by atoms with Gasteiger partial charge in [-0.05, 0) is 60.8 Å². The second-order valence-electron chi connectivity index (χ2n) is 10.1. The van der Waals surface area contributed by atoms with Crippen LogP contribution >= 0.6 is 0 Å². The summed E-state index contributed by atoms with van der Waals surface area (Å²) in [5.41, 5.74) is 9.55. The van der Waals surface area contributed by atoms with Crippen molar-refractivity contribution in [2.75, 3.05) is 26.7 Å². The number of likely N-dealkylation sites (N-methyl/N-ethyl adjacent to an activating group) is 1. The van der Waals surface area contributed by atoms with Crippen LogP contribution in [0.25, 0.3) is 0 Å². The number of nitrogens with zero attached hydrogens (tertiary/aromatic N) is 3. The largest absolute Gasteiger partial charge is 0.370 e. The highest BCUT2D eigenvalue weighted by molar-refractivity contribution is 5.94. The van der Waals surface area contributed by atoms with E-state index in [9.17, 15) is 4.79 Å². The molecule has 5 nitrogen and oxygen atoms in total. The van der Waals surface area contributed by atoms with Crippen molar-refractivity contribution < 1.29 is 4.79 Å². The minimum atomic E-state index is -0.328. The van der Waals surface area contributed by atoms with Crippen LogP contribution in [0.4, 0.5) is 0 Å². The number of piperidine rings is 1. The number of carbonyl (C=O) groups is 1. The zero-order valence-electron chi connectivity index (χ0n) is 19.7. The van der Waals surface area contributed by atoms with Gasteiger partial charge in [0.05, 0.1) is 6.54 Å². The van der Waals surface area contributed by atoms with Crippen molar-refractivity contribution in [3.63, 3.8) is 0 Å². The van der Waals surface area contributed by atoms with Crippen LogP contribution in [0.5, 0.6) is 0 Å². The molecule has 1 saturated carbocycles. The van der Waals surface area contributed by atoms with Crippen LogP contribution in [0.15, 0.2) is 59.6 Å². The lowest BCUT2D eigenvalue weighted by atomic mass is 9.72. The summed E-state index contributed by atoms with van der Waals surface area (Å²) in [6.45, 7) is 2.34. The summed E-state index contributed by atoms with van der Waals surface area (Å²) < 4.78 is 0. The maximum Gasteiger partial charge on any atom is 0.253 e. The average molecular weight is 445 g/mol. The van der Waals surface area contributed by atoms with Crippen LogP contribution < -0.4 is 5.73 Å². The summed E-state index contributed by atoms with van der Waals surface area (Å²) in [4.78, 5) is 22.2. The minimum absolute atomic E-state index is 0.133. The number of hydrogen-bond acceptors (Lipinski definition) is 4. The summed E-state index contributed by atoms with van der Waals surface area (Å²) in [6.07, 6.45) is 8.51. The van der Waals surface area contributed by atoms with Gasteiger partial charge in [0.15, 0.2) is 5.96 Å². The first kappa shape index (κ1) is 22.0. The summed E-state index contributed by atoms with van der Waals surface area (Å²) >= 11 is 0. The van der Waals surface area contributed by atoms with Gasteiger partial charge in [0, 0.05) is 25.7 Å². The number of hydrogen-bond donors (Lipinski definition) is 1. The van der Waals surface area contributed by atoms with Crippen LogP contribution in [-0.2, 0) is 5.54 Å². The Kier molecular flexibility index (Phi) is 6.13. The quantitative estimate of drug-likeness (QED) is 0.741. The molecule has 5 rings (SSSR count). The lowest BCUT2D eigenvalue weighted by Crippen LogP contribution is -2.46. The van der Waals surface area contributed by atoms with Gasteiger partial charge in [0.25, 0.3) is 5.91 Å². The van der Waals surface area contributed by atoms with E-state index >= 15 is 0 Å². The fraction of sp³-hybridized carbons (Fsp3) is 0.500. The van der Waals surface area contributed by atoms with Crippen LogP contribution in [-0.4, -0.2) is 48.3 Å². The second-order valence-corrected chi connectivity index (χ2v) is 10.1. The number of nitrogens with two attached hydrogens (primary N) is 1. The zero-order valence-corrected chi connectivity index (χ0v) is 19.7. The summed E-state index contributed by atoms with van der Waals surface area (Å²) in [5, 5.41) is 0. The third-order valence-electron chi connectivity index (χ3n) is 8.12. The molecular weight excluding hydrogens is 408 g/mol. The van der Waals surface area contributed by atoms with E-state index in [0.29, 0.717) is 17.8 Å². The van der Waals surface area contributed by atoms with E-state index in [1.165, 1.54) is 43.2 Å². The molecule has 5 heteroatoms. The molecule has 1 unspecified atom stereocenters. The number of amides is 1. The highest BCUT2D eigenvalue weighted by Gasteiger charge is 2.47. The van der Waals surface area contributed by atoms with Crippen molar-refractivity contribution in [1.29, 1.82) is 0 Å². The summed E-state index contributed by atoms with van der Waals surface area (Å²) in [5.74, 6) is 1.79. The number of rotatable bonds is 4. The molecule has 3 aliphatic rings. The number of aliphatic imine (C=N–C) groups is 1. The molecule has 2 heterocycles. The Bertz CT molecular complexity index is 1010. The molecule has 2 aromatic rings. The molecule has 2 aliphatic heterocycles. The van der Waals surface area contributed by atoms with Crippen molar-refractivity contribution in [3.05, 3.63) is 71.3 Å². The molecule has 174 valence electrons. The molecule has 33 heavy (non-hydrogen) atoms. The van der Waals surface area contributed by atoms with Gasteiger partial charge in [-0.25, -0.2) is 4.99 Å². The number of carbonyl (C=O) groups excluding carboxylic acids is 1. The molecule has 2 aromatic carbocycles. The molecule has 0 radical (unpaired) electrons. The Morgan fingerprint density at radius 2 is 1.70 bits per heavy atom. The smallest absolute Gasteiger partial charge is 0.253 e. The lowest BCUT2D eigenvalue weighted by Gasteiger charge is -2.41. The van der Waals surface area contributed by atoms with Crippen LogP contribution in [0.1, 0.15) is 72.3 Å². The normalized spacial score (nSPS) is 24.7. The molecule has 2 N–H and O–H groups in total. The number of likely N-dealkylation sites (tertiary alicyclic amines) is 1. The number of benzene rings is 2. The van der Waals surface area contributed by atoms with E-state index in [-0.39, 0.29) is 11.4 Å². The van der Waals surface area contributed by atoms with Crippen molar-refractivity contribution in [1.82, 2.24) is 9.80 Å². The second kappa shape index (κ2) is 9.20. The van der Waals surface area contributed by atoms with E-state index < -0.39 is 0 Å². The van der Waals surface area contributed by atoms with Crippen molar-refractivity contribution in [2.24, 2.45) is 16.6 Å². The van der Waals surface area contributed by atoms with Gasteiger partial charge in [-0.1, -0.05) is 61.7 Å². The van der Waals surface area contributed by atoms with Gasteiger partial charge in [0.1, 0.15) is 5.54 Å². The predicted molar refractivity (Wildman–Crippen MR) is 133 cm³/mol. The van der Waals surface area contributed by atoms with Gasteiger partial charge >= 0.3 is 0 Å². The molecule has 1 aliphatic carbocycles. The predicted octanol–water partition coefficient (Wildman–Crippen LogP) is 4.74. The Morgan fingerprint density at radius 3 is 2.36 bits per heavy atom. The van der Waals surface area contributed by atoms with E-state index in [0.717, 1.165) is 38.0 Å². The average Bonchev–Trinajstić information content (AvgIpc) is 3.20. The van der Waals surface area contributed by atoms with Gasteiger partial charge in [-0.2, -0.15) is 0 Å². The standard InChI is InChI=1S/C28H36N4O/c1-31-20-28(30-27(31)29,25-14-8-13-23(19-25)21-9-4-2-5-10-21)24-15-17-32(18-16-24)26(33)22-11-6-3-7-12-22/h3,6-8,11-14,19,21,24H,2,4-5,9-10,15-18,20H2,1H3,(H2,29,30). The van der Waals surface area contributed by atoms with E-state index in [4.69, 9.17) is 10.7 Å². The monoisotopic (exact) mass is 444 g/mol. The first-order chi connectivity index (χ1) is 16.1. The van der Waals surface area contributed by atoms with Crippen LogP contribution in [0.3, 0.4) is 0 Å².